The zero-order valence-corrected chi connectivity index (χ0v) is 11.4. The van der Waals surface area contributed by atoms with E-state index in [1.807, 2.05) is 66.7 Å². The van der Waals surface area contributed by atoms with E-state index in [9.17, 15) is 0 Å². The summed E-state index contributed by atoms with van der Waals surface area (Å²) in [6, 6.07) is 21.7. The Labute approximate surface area is 122 Å². The van der Waals surface area contributed by atoms with Crippen LogP contribution in [-0.4, -0.2) is 4.98 Å². The third-order valence-corrected chi connectivity index (χ3v) is 3.31. The molecule has 1 aromatic heterocycles. The predicted molar refractivity (Wildman–Crippen MR) is 84.5 cm³/mol. The van der Waals surface area contributed by atoms with Crippen LogP contribution in [0.15, 0.2) is 72.9 Å². The topological polar surface area (TPSA) is 12.9 Å². The molecule has 0 atom stereocenters. The van der Waals surface area contributed by atoms with E-state index >= 15 is 0 Å². The first kappa shape index (κ1) is 10.4. The first-order chi connectivity index (χ1) is 10.5. The molecule has 0 amide bonds. The van der Waals surface area contributed by atoms with Crippen molar-refractivity contribution in [1.29, 1.82) is 0 Å². The molecule has 0 N–H and O–H groups in total. The SMILES string of the molecule is [2H]C([2H])(C)c1cccc(-c2ccnc(-c3ccccc3)c2)c1. The van der Waals surface area contributed by atoms with Crippen molar-refractivity contribution < 1.29 is 2.74 Å². The normalized spacial score (nSPS) is 12.7. The fourth-order valence-electron chi connectivity index (χ4n) is 2.23. The second-order valence-electron chi connectivity index (χ2n) is 4.63. The van der Waals surface area contributed by atoms with Gasteiger partial charge in [0.25, 0.3) is 0 Å². The highest BCUT2D eigenvalue weighted by Crippen LogP contribution is 2.25. The van der Waals surface area contributed by atoms with Crippen LogP contribution in [0.3, 0.4) is 0 Å². The molecular weight excluding hydrogens is 242 g/mol. The predicted octanol–water partition coefficient (Wildman–Crippen LogP) is 4.98. The summed E-state index contributed by atoms with van der Waals surface area (Å²) < 4.78 is 15.7. The molecule has 0 saturated heterocycles. The molecule has 3 rings (SSSR count). The molecule has 0 radical (unpaired) electrons. The van der Waals surface area contributed by atoms with E-state index in [1.165, 1.54) is 0 Å². The first-order valence-electron chi connectivity index (χ1n) is 7.66. The molecule has 3 aromatic rings. The van der Waals surface area contributed by atoms with Crippen molar-refractivity contribution in [2.24, 2.45) is 0 Å². The van der Waals surface area contributed by atoms with Crippen LogP contribution < -0.4 is 0 Å². The van der Waals surface area contributed by atoms with E-state index in [0.29, 0.717) is 5.56 Å². The minimum absolute atomic E-state index is 0.683. The van der Waals surface area contributed by atoms with Crippen LogP contribution in [0.1, 0.15) is 15.2 Å². The van der Waals surface area contributed by atoms with Crippen LogP contribution in [0, 0.1) is 0 Å². The second-order valence-corrected chi connectivity index (χ2v) is 4.63. The number of hydrogen-bond acceptors (Lipinski definition) is 1. The Bertz CT molecular complexity index is 777. The molecule has 0 aliphatic carbocycles. The van der Waals surface area contributed by atoms with Gasteiger partial charge in [0.1, 0.15) is 0 Å². The Hall–Kier alpha value is -2.41. The zero-order chi connectivity index (χ0) is 15.6. The summed E-state index contributed by atoms with van der Waals surface area (Å²) >= 11 is 0. The maximum absolute atomic E-state index is 7.86. The van der Waals surface area contributed by atoms with E-state index in [-0.39, 0.29) is 0 Å². The van der Waals surface area contributed by atoms with Gasteiger partial charge >= 0.3 is 0 Å². The van der Waals surface area contributed by atoms with Crippen molar-refractivity contribution in [3.63, 3.8) is 0 Å². The molecule has 0 bridgehead atoms. The Morgan fingerprint density at radius 3 is 2.40 bits per heavy atom. The molecule has 20 heavy (non-hydrogen) atoms. The van der Waals surface area contributed by atoms with Gasteiger partial charge in [-0.1, -0.05) is 61.5 Å². The quantitative estimate of drug-likeness (QED) is 0.648. The Morgan fingerprint density at radius 2 is 1.60 bits per heavy atom. The van der Waals surface area contributed by atoms with Gasteiger partial charge in [-0.3, -0.25) is 4.98 Å². The van der Waals surface area contributed by atoms with Crippen LogP contribution in [0.4, 0.5) is 0 Å². The Morgan fingerprint density at radius 1 is 0.850 bits per heavy atom. The van der Waals surface area contributed by atoms with Crippen molar-refractivity contribution in [2.75, 3.05) is 0 Å². The molecule has 2 aromatic carbocycles. The maximum Gasteiger partial charge on any atom is 0.0708 e. The largest absolute Gasteiger partial charge is 0.256 e. The van der Waals surface area contributed by atoms with Crippen LogP contribution >= 0.6 is 0 Å². The number of hydrogen-bond donors (Lipinski definition) is 0. The van der Waals surface area contributed by atoms with E-state index in [4.69, 9.17) is 2.74 Å². The summed E-state index contributed by atoms with van der Waals surface area (Å²) in [4.78, 5) is 4.43. The van der Waals surface area contributed by atoms with Crippen molar-refractivity contribution in [2.45, 2.75) is 13.3 Å². The number of aryl methyl sites for hydroxylation is 1. The van der Waals surface area contributed by atoms with E-state index in [0.717, 1.165) is 22.4 Å². The third kappa shape index (κ3) is 2.62. The molecule has 0 fully saturated rings. The van der Waals surface area contributed by atoms with Crippen LogP contribution in [-0.2, 0) is 6.37 Å². The third-order valence-electron chi connectivity index (χ3n) is 3.31. The molecule has 0 aliphatic heterocycles. The maximum atomic E-state index is 7.86. The Balaban J connectivity index is 2.03. The number of aromatic nitrogens is 1. The van der Waals surface area contributed by atoms with Gasteiger partial charge in [-0.2, -0.15) is 0 Å². The monoisotopic (exact) mass is 261 g/mol. The lowest BCUT2D eigenvalue weighted by atomic mass is 10.0. The smallest absolute Gasteiger partial charge is 0.0708 e. The van der Waals surface area contributed by atoms with Crippen molar-refractivity contribution in [1.82, 2.24) is 4.98 Å². The fraction of sp³-hybridized carbons (Fsp3) is 0.105. The van der Waals surface area contributed by atoms with Crippen LogP contribution in [0.2, 0.25) is 0 Å². The van der Waals surface area contributed by atoms with Crippen molar-refractivity contribution in [3.05, 3.63) is 78.5 Å². The van der Waals surface area contributed by atoms with Gasteiger partial charge in [-0.05, 0) is 35.2 Å². The lowest BCUT2D eigenvalue weighted by Gasteiger charge is -2.06. The van der Waals surface area contributed by atoms with Gasteiger partial charge in [0.2, 0.25) is 0 Å². The summed E-state index contributed by atoms with van der Waals surface area (Å²) in [5.41, 5.74) is 4.72. The number of nitrogens with zero attached hydrogens (tertiary/aromatic N) is 1. The molecule has 98 valence electrons. The highest BCUT2D eigenvalue weighted by molar-refractivity contribution is 5.70. The highest BCUT2D eigenvalue weighted by Gasteiger charge is 2.03. The van der Waals surface area contributed by atoms with Gasteiger partial charge in [0, 0.05) is 14.5 Å². The standard InChI is InChI=1S/C19H17N/c1-2-15-7-6-10-17(13-15)18-11-12-20-19(14-18)16-8-4-3-5-9-16/h3-14H,2H2,1H3/i2D2. The molecular formula is C19H17N. The number of benzene rings is 2. The van der Waals surface area contributed by atoms with Crippen molar-refractivity contribution >= 4 is 0 Å². The average Bonchev–Trinajstić information content (AvgIpc) is 2.55. The highest BCUT2D eigenvalue weighted by atomic mass is 14.7. The molecule has 1 heterocycles. The minimum Gasteiger partial charge on any atom is -0.256 e. The summed E-state index contributed by atoms with van der Waals surface area (Å²) in [6.45, 7) is 1.58. The summed E-state index contributed by atoms with van der Waals surface area (Å²) in [5, 5.41) is 0. The van der Waals surface area contributed by atoms with Crippen LogP contribution in [0.5, 0.6) is 0 Å². The van der Waals surface area contributed by atoms with Gasteiger partial charge in [-0.25, -0.2) is 0 Å². The average molecular weight is 261 g/mol. The minimum atomic E-state index is -1.34. The zero-order valence-electron chi connectivity index (χ0n) is 13.4. The summed E-state index contributed by atoms with van der Waals surface area (Å²) in [7, 11) is 0. The molecule has 0 unspecified atom stereocenters. The van der Waals surface area contributed by atoms with Crippen LogP contribution in [0.25, 0.3) is 22.4 Å². The van der Waals surface area contributed by atoms with E-state index in [1.54, 1.807) is 13.1 Å². The Kier molecular flexibility index (Phi) is 2.96. The number of rotatable bonds is 3. The lowest BCUT2D eigenvalue weighted by Crippen LogP contribution is -1.86. The van der Waals surface area contributed by atoms with Gasteiger partial charge in [0.15, 0.2) is 0 Å². The summed E-state index contributed by atoms with van der Waals surface area (Å²) in [5.74, 6) is 0. The van der Waals surface area contributed by atoms with Gasteiger partial charge < -0.3 is 0 Å². The first-order valence-corrected chi connectivity index (χ1v) is 6.66. The number of pyridine rings is 1. The molecule has 1 heteroatoms. The van der Waals surface area contributed by atoms with E-state index < -0.39 is 6.37 Å². The summed E-state index contributed by atoms with van der Waals surface area (Å²) in [6.07, 6.45) is 0.455. The lowest BCUT2D eigenvalue weighted by molar-refractivity contribution is 1.14. The van der Waals surface area contributed by atoms with Gasteiger partial charge in [0.05, 0.1) is 5.69 Å². The molecule has 0 aliphatic rings. The second kappa shape index (κ2) is 5.70. The molecule has 1 nitrogen and oxygen atoms in total. The molecule has 0 spiro atoms. The van der Waals surface area contributed by atoms with Crippen molar-refractivity contribution in [3.8, 4) is 22.4 Å². The van der Waals surface area contributed by atoms with E-state index in [2.05, 4.69) is 4.98 Å². The fourth-order valence-corrected chi connectivity index (χ4v) is 2.23. The van der Waals surface area contributed by atoms with Gasteiger partial charge in [-0.15, -0.1) is 0 Å². The molecule has 0 saturated carbocycles.